The lowest BCUT2D eigenvalue weighted by molar-refractivity contribution is -0.123. The number of nitrogens with zero attached hydrogens (tertiary/aromatic N) is 1. The predicted molar refractivity (Wildman–Crippen MR) is 108 cm³/mol. The first-order valence-electron chi connectivity index (χ1n) is 10.4. The van der Waals surface area contributed by atoms with Crippen LogP contribution >= 0.6 is 0 Å². The molecule has 1 aromatic rings. The van der Waals surface area contributed by atoms with Gasteiger partial charge >= 0.3 is 0 Å². The molecule has 1 aliphatic carbocycles. The van der Waals surface area contributed by atoms with Crippen LogP contribution in [-0.4, -0.2) is 48.4 Å². The molecular formula is C22H33N3O2. The van der Waals surface area contributed by atoms with Crippen LogP contribution in [0.4, 0.5) is 0 Å². The minimum absolute atomic E-state index is 0.00980. The standard InChI is InChI=1S/C22H33N3O2/c1-16-7-3-5-9-19(16)22(27)23-18-11-13-25(14-12-18)15-21(26)24-20-10-6-4-8-17(20)2/h3,5,7,9,17-18,20H,4,6,8,10-15H2,1-2H3,(H,23,27)(H,24,26). The number of rotatable bonds is 5. The first-order chi connectivity index (χ1) is 13.0. The Kier molecular flexibility index (Phi) is 6.89. The van der Waals surface area contributed by atoms with Crippen molar-refractivity contribution < 1.29 is 9.59 Å². The summed E-state index contributed by atoms with van der Waals surface area (Å²) in [6.07, 6.45) is 6.63. The van der Waals surface area contributed by atoms with Gasteiger partial charge in [-0.1, -0.05) is 38.0 Å². The Morgan fingerprint density at radius 2 is 1.74 bits per heavy atom. The molecule has 2 N–H and O–H groups in total. The van der Waals surface area contributed by atoms with Gasteiger partial charge in [0.1, 0.15) is 0 Å². The third kappa shape index (κ3) is 5.55. The highest BCUT2D eigenvalue weighted by Crippen LogP contribution is 2.23. The van der Waals surface area contributed by atoms with Crippen molar-refractivity contribution >= 4 is 11.8 Å². The molecule has 0 spiro atoms. The van der Waals surface area contributed by atoms with Crippen LogP contribution in [0.15, 0.2) is 24.3 Å². The number of carbonyl (C=O) groups is 2. The van der Waals surface area contributed by atoms with Crippen molar-refractivity contribution in [2.45, 2.75) is 64.5 Å². The molecule has 2 amide bonds. The van der Waals surface area contributed by atoms with Gasteiger partial charge in [0.05, 0.1) is 6.54 Å². The molecule has 0 radical (unpaired) electrons. The number of hydrogen-bond acceptors (Lipinski definition) is 3. The molecule has 5 nitrogen and oxygen atoms in total. The zero-order valence-electron chi connectivity index (χ0n) is 16.7. The Morgan fingerprint density at radius 3 is 2.44 bits per heavy atom. The topological polar surface area (TPSA) is 61.4 Å². The van der Waals surface area contributed by atoms with E-state index < -0.39 is 0 Å². The molecule has 2 unspecified atom stereocenters. The molecule has 2 fully saturated rings. The van der Waals surface area contributed by atoms with Gasteiger partial charge in [-0.05, 0) is 50.2 Å². The zero-order chi connectivity index (χ0) is 19.2. The fraction of sp³-hybridized carbons (Fsp3) is 0.636. The zero-order valence-corrected chi connectivity index (χ0v) is 16.7. The van der Waals surface area contributed by atoms with Crippen LogP contribution in [0.2, 0.25) is 0 Å². The predicted octanol–water partition coefficient (Wildman–Crippen LogP) is 2.88. The molecule has 5 heteroatoms. The number of benzene rings is 1. The second-order valence-corrected chi connectivity index (χ2v) is 8.27. The van der Waals surface area contributed by atoms with Gasteiger partial charge in [-0.15, -0.1) is 0 Å². The van der Waals surface area contributed by atoms with Gasteiger partial charge in [0.2, 0.25) is 5.91 Å². The Bertz CT molecular complexity index is 653. The van der Waals surface area contributed by atoms with Crippen LogP contribution in [0.25, 0.3) is 0 Å². The lowest BCUT2D eigenvalue weighted by Crippen LogP contribution is -2.49. The average Bonchev–Trinajstić information content (AvgIpc) is 2.65. The van der Waals surface area contributed by atoms with Crippen LogP contribution < -0.4 is 10.6 Å². The number of amides is 2. The number of nitrogens with one attached hydrogen (secondary N) is 2. The van der Waals surface area contributed by atoms with E-state index in [2.05, 4.69) is 22.5 Å². The smallest absolute Gasteiger partial charge is 0.251 e. The van der Waals surface area contributed by atoms with E-state index in [1.807, 2.05) is 31.2 Å². The molecule has 0 bridgehead atoms. The monoisotopic (exact) mass is 371 g/mol. The fourth-order valence-electron chi connectivity index (χ4n) is 4.31. The summed E-state index contributed by atoms with van der Waals surface area (Å²) < 4.78 is 0. The van der Waals surface area contributed by atoms with Crippen molar-refractivity contribution in [3.63, 3.8) is 0 Å². The minimum Gasteiger partial charge on any atom is -0.352 e. The van der Waals surface area contributed by atoms with E-state index in [0.717, 1.165) is 43.5 Å². The number of piperidine rings is 1. The Morgan fingerprint density at radius 1 is 1.04 bits per heavy atom. The summed E-state index contributed by atoms with van der Waals surface area (Å²) in [6.45, 7) is 6.39. The number of carbonyl (C=O) groups excluding carboxylic acids is 2. The molecule has 1 heterocycles. The van der Waals surface area contributed by atoms with E-state index in [4.69, 9.17) is 0 Å². The normalized spacial score (nSPS) is 24.4. The molecule has 1 aliphatic heterocycles. The van der Waals surface area contributed by atoms with E-state index in [1.165, 1.54) is 19.3 Å². The van der Waals surface area contributed by atoms with Crippen molar-refractivity contribution in [2.75, 3.05) is 19.6 Å². The van der Waals surface area contributed by atoms with E-state index in [1.54, 1.807) is 0 Å². The Labute approximate surface area is 162 Å². The van der Waals surface area contributed by atoms with Gasteiger partial charge in [-0.25, -0.2) is 0 Å². The van der Waals surface area contributed by atoms with E-state index in [9.17, 15) is 9.59 Å². The minimum atomic E-state index is 0.00980. The van der Waals surface area contributed by atoms with Crippen LogP contribution in [0.5, 0.6) is 0 Å². The summed E-state index contributed by atoms with van der Waals surface area (Å²) in [5.41, 5.74) is 1.75. The lowest BCUT2D eigenvalue weighted by atomic mass is 9.86. The van der Waals surface area contributed by atoms with Gasteiger partial charge in [0, 0.05) is 30.7 Å². The summed E-state index contributed by atoms with van der Waals surface area (Å²) in [4.78, 5) is 27.0. The lowest BCUT2D eigenvalue weighted by Gasteiger charge is -2.33. The first-order valence-corrected chi connectivity index (χ1v) is 10.4. The molecular weight excluding hydrogens is 338 g/mol. The average molecular weight is 372 g/mol. The first kappa shape index (κ1) is 19.9. The quantitative estimate of drug-likeness (QED) is 0.837. The van der Waals surface area contributed by atoms with Gasteiger partial charge in [-0.3, -0.25) is 14.5 Å². The van der Waals surface area contributed by atoms with Crippen molar-refractivity contribution in [2.24, 2.45) is 5.92 Å². The maximum absolute atomic E-state index is 12.5. The number of aryl methyl sites for hydroxylation is 1. The second-order valence-electron chi connectivity index (χ2n) is 8.27. The third-order valence-electron chi connectivity index (χ3n) is 6.14. The molecule has 3 rings (SSSR count). The van der Waals surface area contributed by atoms with E-state index in [0.29, 0.717) is 18.5 Å². The van der Waals surface area contributed by atoms with Gasteiger partial charge in [0.25, 0.3) is 5.91 Å². The van der Waals surface area contributed by atoms with Gasteiger partial charge < -0.3 is 10.6 Å². The molecule has 27 heavy (non-hydrogen) atoms. The van der Waals surface area contributed by atoms with Crippen molar-refractivity contribution in [1.82, 2.24) is 15.5 Å². The van der Waals surface area contributed by atoms with Gasteiger partial charge in [0.15, 0.2) is 0 Å². The maximum atomic E-state index is 12.5. The molecule has 1 aromatic carbocycles. The molecule has 2 atom stereocenters. The molecule has 1 saturated heterocycles. The maximum Gasteiger partial charge on any atom is 0.251 e. The van der Waals surface area contributed by atoms with Crippen LogP contribution in [0.3, 0.4) is 0 Å². The van der Waals surface area contributed by atoms with Gasteiger partial charge in [-0.2, -0.15) is 0 Å². The van der Waals surface area contributed by atoms with Crippen LogP contribution in [0, 0.1) is 12.8 Å². The van der Waals surface area contributed by atoms with Crippen LogP contribution in [0.1, 0.15) is 61.4 Å². The van der Waals surface area contributed by atoms with Crippen LogP contribution in [-0.2, 0) is 4.79 Å². The third-order valence-corrected chi connectivity index (χ3v) is 6.14. The Balaban J connectivity index is 1.40. The molecule has 1 saturated carbocycles. The second kappa shape index (κ2) is 9.36. The molecule has 0 aromatic heterocycles. The SMILES string of the molecule is Cc1ccccc1C(=O)NC1CCN(CC(=O)NC2CCCCC2C)CC1. The fourth-order valence-corrected chi connectivity index (χ4v) is 4.31. The summed E-state index contributed by atoms with van der Waals surface area (Å²) >= 11 is 0. The highest BCUT2D eigenvalue weighted by Gasteiger charge is 2.26. The molecule has 148 valence electrons. The van der Waals surface area contributed by atoms with Crippen molar-refractivity contribution in [3.05, 3.63) is 35.4 Å². The highest BCUT2D eigenvalue weighted by molar-refractivity contribution is 5.95. The summed E-state index contributed by atoms with van der Waals surface area (Å²) in [5, 5.41) is 6.39. The summed E-state index contributed by atoms with van der Waals surface area (Å²) in [5.74, 6) is 0.747. The largest absolute Gasteiger partial charge is 0.352 e. The van der Waals surface area contributed by atoms with E-state index in [-0.39, 0.29) is 17.9 Å². The highest BCUT2D eigenvalue weighted by atomic mass is 16.2. The van der Waals surface area contributed by atoms with Crippen molar-refractivity contribution in [1.29, 1.82) is 0 Å². The van der Waals surface area contributed by atoms with Crippen molar-refractivity contribution in [3.8, 4) is 0 Å². The van der Waals surface area contributed by atoms with E-state index >= 15 is 0 Å². The molecule has 2 aliphatic rings. The summed E-state index contributed by atoms with van der Waals surface area (Å²) in [7, 11) is 0. The number of hydrogen-bond donors (Lipinski definition) is 2. The Hall–Kier alpha value is -1.88. The summed E-state index contributed by atoms with van der Waals surface area (Å²) in [6, 6.07) is 8.21. The number of likely N-dealkylation sites (tertiary alicyclic amines) is 1.